The largest absolute Gasteiger partial charge is 0.315 e. The van der Waals surface area contributed by atoms with Crippen LogP contribution in [0.15, 0.2) is 36.5 Å². The number of anilines is 1. The molecule has 0 saturated heterocycles. The van der Waals surface area contributed by atoms with Crippen molar-refractivity contribution in [2.24, 2.45) is 0 Å². The van der Waals surface area contributed by atoms with Gasteiger partial charge < -0.3 is 5.32 Å². The second-order valence-electron chi connectivity index (χ2n) is 5.05. The van der Waals surface area contributed by atoms with E-state index in [-0.39, 0.29) is 5.24 Å². The molecule has 122 valence electrons. The molecule has 0 radical (unpaired) electrons. The number of hydrogen-bond acceptors (Lipinski definition) is 3. The van der Waals surface area contributed by atoms with Gasteiger partial charge >= 0.3 is 0 Å². The first-order valence-electron chi connectivity index (χ1n) is 7.41. The van der Waals surface area contributed by atoms with Crippen LogP contribution in [-0.4, -0.2) is 10.2 Å². The van der Waals surface area contributed by atoms with Gasteiger partial charge in [0.1, 0.15) is 0 Å². The maximum Gasteiger partial charge on any atom is 0.283 e. The molecule has 2 rings (SSSR count). The van der Waals surface area contributed by atoms with E-state index in [2.05, 4.69) is 17.2 Å². The monoisotopic (exact) mass is 368 g/mol. The van der Waals surface area contributed by atoms with Gasteiger partial charge in [0.15, 0.2) is 0 Å². The molecule has 0 spiro atoms. The van der Waals surface area contributed by atoms with Gasteiger partial charge in [0.05, 0.1) is 21.4 Å². The van der Waals surface area contributed by atoms with Gasteiger partial charge in [0.25, 0.3) is 5.24 Å². The Labute approximate surface area is 150 Å². The van der Waals surface area contributed by atoms with Gasteiger partial charge in [0, 0.05) is 11.9 Å². The molecule has 1 N–H and O–H groups in total. The second kappa shape index (κ2) is 9.16. The van der Waals surface area contributed by atoms with E-state index in [1.807, 2.05) is 18.2 Å². The number of carbonyl (C=O) groups is 1. The Hall–Kier alpha value is -1.23. The van der Waals surface area contributed by atoms with Crippen molar-refractivity contribution >= 4 is 45.9 Å². The van der Waals surface area contributed by atoms with Gasteiger partial charge in [-0.15, -0.1) is 0 Å². The molecule has 1 heterocycles. The minimum absolute atomic E-state index is 0.109. The molecule has 0 aliphatic carbocycles. The summed E-state index contributed by atoms with van der Waals surface area (Å²) in [5.74, 6) is 0.535. The van der Waals surface area contributed by atoms with Gasteiger partial charge in [-0.05, 0) is 42.7 Å². The molecule has 1 aromatic carbocycles. The molecule has 0 saturated carbocycles. The first-order chi connectivity index (χ1) is 11.1. The number of aryl methyl sites for hydroxylation is 1. The van der Waals surface area contributed by atoms with Crippen molar-refractivity contribution in [2.75, 3.05) is 5.32 Å². The summed E-state index contributed by atoms with van der Waals surface area (Å²) in [5, 5.41) is 3.82. The van der Waals surface area contributed by atoms with E-state index in [0.717, 1.165) is 36.2 Å². The number of hydrogen-bond donors (Lipinski definition) is 1. The van der Waals surface area contributed by atoms with Gasteiger partial charge in [-0.25, -0.2) is 0 Å². The third kappa shape index (κ3) is 5.72. The summed E-state index contributed by atoms with van der Waals surface area (Å²) in [6, 6.07) is 9.10. The van der Waals surface area contributed by atoms with E-state index < -0.39 is 0 Å². The highest BCUT2D eigenvalue weighted by molar-refractivity contribution is 8.13. The topological polar surface area (TPSA) is 42.0 Å². The number of pyridine rings is 1. The number of benzene rings is 1. The first kappa shape index (κ1) is 18.1. The van der Waals surface area contributed by atoms with Crippen molar-refractivity contribution < 1.29 is 4.79 Å². The van der Waals surface area contributed by atoms with Crippen LogP contribution in [0.3, 0.4) is 0 Å². The van der Waals surface area contributed by atoms with E-state index in [1.165, 1.54) is 11.8 Å². The number of nitrogens with zero attached hydrogens (tertiary/aromatic N) is 1. The Morgan fingerprint density at radius 2 is 2.09 bits per heavy atom. The Balaban J connectivity index is 1.93. The Kier molecular flexibility index (Phi) is 7.21. The second-order valence-corrected chi connectivity index (χ2v) is 6.81. The van der Waals surface area contributed by atoms with Crippen molar-refractivity contribution in [3.63, 3.8) is 0 Å². The minimum Gasteiger partial charge on any atom is -0.315 e. The molecule has 0 aliphatic rings. The molecule has 1 amide bonds. The van der Waals surface area contributed by atoms with Crippen LogP contribution in [0.1, 0.15) is 31.0 Å². The number of carbonyl (C=O) groups excluding carboxylic acids is 1. The number of thioether (sulfide) groups is 1. The molecular weight excluding hydrogens is 351 g/mol. The van der Waals surface area contributed by atoms with Crippen LogP contribution >= 0.6 is 35.0 Å². The molecule has 0 bridgehead atoms. The zero-order valence-corrected chi connectivity index (χ0v) is 15.1. The van der Waals surface area contributed by atoms with Crippen molar-refractivity contribution in [1.29, 1.82) is 0 Å². The number of aromatic nitrogens is 1. The summed E-state index contributed by atoms with van der Waals surface area (Å²) in [5.41, 5.74) is 2.67. The van der Waals surface area contributed by atoms with E-state index in [0.29, 0.717) is 15.8 Å². The van der Waals surface area contributed by atoms with Crippen molar-refractivity contribution in [3.05, 3.63) is 57.8 Å². The van der Waals surface area contributed by atoms with Crippen LogP contribution in [0.2, 0.25) is 10.0 Å². The third-order valence-electron chi connectivity index (χ3n) is 3.25. The van der Waals surface area contributed by atoms with Crippen molar-refractivity contribution in [1.82, 2.24) is 4.98 Å². The summed E-state index contributed by atoms with van der Waals surface area (Å²) in [6.07, 6.45) is 4.76. The fourth-order valence-electron chi connectivity index (χ4n) is 2.02. The number of unbranched alkanes of at least 4 members (excludes halogenated alkanes) is 1. The van der Waals surface area contributed by atoms with E-state index in [9.17, 15) is 4.79 Å². The normalized spacial score (nSPS) is 10.6. The molecule has 0 unspecified atom stereocenters. The minimum atomic E-state index is -0.109. The zero-order valence-electron chi connectivity index (χ0n) is 12.8. The van der Waals surface area contributed by atoms with Crippen LogP contribution < -0.4 is 5.32 Å². The molecule has 2 aromatic rings. The molecule has 3 nitrogen and oxygen atoms in total. The van der Waals surface area contributed by atoms with Crippen LogP contribution in [0.5, 0.6) is 0 Å². The maximum absolute atomic E-state index is 12.1. The summed E-state index contributed by atoms with van der Waals surface area (Å²) >= 11 is 13.1. The lowest BCUT2D eigenvalue weighted by Gasteiger charge is -2.09. The molecular formula is C17H18Cl2N2OS. The molecule has 0 atom stereocenters. The predicted octanol–water partition coefficient (Wildman–Crippen LogP) is 6.20. The zero-order chi connectivity index (χ0) is 16.7. The van der Waals surface area contributed by atoms with Crippen LogP contribution in [0.4, 0.5) is 10.5 Å². The Bertz CT molecular complexity index is 679. The molecule has 0 aliphatic heterocycles. The number of nitrogens with one attached hydrogen (secondary N) is 1. The van der Waals surface area contributed by atoms with Gasteiger partial charge in [-0.3, -0.25) is 9.78 Å². The highest BCUT2D eigenvalue weighted by Gasteiger charge is 2.09. The van der Waals surface area contributed by atoms with Crippen molar-refractivity contribution in [2.45, 2.75) is 31.9 Å². The lowest BCUT2D eigenvalue weighted by Crippen LogP contribution is -2.08. The number of rotatable bonds is 6. The van der Waals surface area contributed by atoms with E-state index >= 15 is 0 Å². The predicted molar refractivity (Wildman–Crippen MR) is 99.6 cm³/mol. The SMILES string of the molecule is CCCCc1ncccc1NC(=O)SCc1ccc(Cl)c(Cl)c1. The van der Waals surface area contributed by atoms with E-state index in [4.69, 9.17) is 23.2 Å². The average Bonchev–Trinajstić information content (AvgIpc) is 2.55. The smallest absolute Gasteiger partial charge is 0.283 e. The summed E-state index contributed by atoms with van der Waals surface area (Å²) in [6.45, 7) is 2.13. The highest BCUT2D eigenvalue weighted by atomic mass is 35.5. The third-order valence-corrected chi connectivity index (χ3v) is 4.83. The van der Waals surface area contributed by atoms with Crippen molar-refractivity contribution in [3.8, 4) is 0 Å². The number of halogens is 2. The first-order valence-corrected chi connectivity index (χ1v) is 9.16. The number of amides is 1. The lowest BCUT2D eigenvalue weighted by molar-refractivity contribution is 0.269. The van der Waals surface area contributed by atoms with E-state index in [1.54, 1.807) is 18.3 Å². The Morgan fingerprint density at radius 1 is 1.26 bits per heavy atom. The fraction of sp³-hybridized carbons (Fsp3) is 0.294. The molecule has 6 heteroatoms. The van der Waals surface area contributed by atoms with Gasteiger partial charge in [-0.2, -0.15) is 0 Å². The highest BCUT2D eigenvalue weighted by Crippen LogP contribution is 2.25. The lowest BCUT2D eigenvalue weighted by atomic mass is 10.1. The summed E-state index contributed by atoms with van der Waals surface area (Å²) < 4.78 is 0. The molecule has 1 aromatic heterocycles. The molecule has 23 heavy (non-hydrogen) atoms. The standard InChI is InChI=1S/C17H18Cl2N2OS/c1-2-3-5-15-16(6-4-9-20-15)21-17(22)23-11-12-7-8-13(18)14(19)10-12/h4,6-10H,2-3,5,11H2,1H3,(H,21,22). The fourth-order valence-corrected chi connectivity index (χ4v) is 3.00. The summed E-state index contributed by atoms with van der Waals surface area (Å²) in [7, 11) is 0. The van der Waals surface area contributed by atoms with Crippen LogP contribution in [-0.2, 0) is 12.2 Å². The van der Waals surface area contributed by atoms with Crippen LogP contribution in [0, 0.1) is 0 Å². The van der Waals surface area contributed by atoms with Gasteiger partial charge in [-0.1, -0.05) is 54.4 Å². The molecule has 0 fully saturated rings. The average molecular weight is 369 g/mol. The van der Waals surface area contributed by atoms with Gasteiger partial charge in [0.2, 0.25) is 0 Å². The maximum atomic E-state index is 12.1. The summed E-state index contributed by atoms with van der Waals surface area (Å²) in [4.78, 5) is 16.5. The van der Waals surface area contributed by atoms with Crippen LogP contribution in [0.25, 0.3) is 0 Å². The Morgan fingerprint density at radius 3 is 2.83 bits per heavy atom. The quantitative estimate of drug-likeness (QED) is 0.659.